The molecular formula is C9H10FHfN2O3-. The molecule has 86 valence electrons. The van der Waals surface area contributed by atoms with Crippen LogP contribution in [0.4, 0.5) is 4.39 Å². The van der Waals surface area contributed by atoms with Crippen molar-refractivity contribution in [2.75, 3.05) is 6.61 Å². The van der Waals surface area contributed by atoms with Crippen LogP contribution in [0.15, 0.2) is 15.8 Å². The molecule has 0 aromatic carbocycles. The monoisotopic (exact) mass is 393 g/mol. The summed E-state index contributed by atoms with van der Waals surface area (Å²) in [6.07, 6.45) is 2.26. The zero-order valence-electron chi connectivity index (χ0n) is 8.70. The van der Waals surface area contributed by atoms with Crippen molar-refractivity contribution >= 4 is 0 Å². The van der Waals surface area contributed by atoms with Gasteiger partial charge in [0.1, 0.15) is 0 Å². The number of nitrogens with zero attached hydrogens (tertiary/aromatic N) is 2. The van der Waals surface area contributed by atoms with Gasteiger partial charge in [-0.25, -0.2) is 4.39 Å². The third kappa shape index (κ3) is 2.24. The predicted molar refractivity (Wildman–Crippen MR) is 49.1 cm³/mol. The Kier molecular flexibility index (Phi) is 4.01. The van der Waals surface area contributed by atoms with Crippen LogP contribution in [-0.4, -0.2) is 11.2 Å². The summed E-state index contributed by atoms with van der Waals surface area (Å²) in [7, 11) is 0. The molecule has 1 aromatic rings. The smallest absolute Gasteiger partial charge is 0.209 e. The molecule has 0 N–H and O–H groups in total. The Morgan fingerprint density at radius 3 is 2.81 bits per heavy atom. The molecule has 0 spiro atoms. The molecule has 2 rings (SSSR count). The van der Waals surface area contributed by atoms with Crippen molar-refractivity contribution in [3.05, 3.63) is 32.9 Å². The Bertz CT molecular complexity index is 490. The summed E-state index contributed by atoms with van der Waals surface area (Å²) in [6, 6.07) is 0. The topological polar surface area (TPSA) is 62.4 Å². The minimum absolute atomic E-state index is 0. The van der Waals surface area contributed by atoms with Crippen LogP contribution >= 0.6 is 0 Å². The van der Waals surface area contributed by atoms with E-state index >= 15 is 0 Å². The van der Waals surface area contributed by atoms with Gasteiger partial charge in [-0.3, -0.25) is 9.59 Å². The summed E-state index contributed by atoms with van der Waals surface area (Å²) in [5.41, 5.74) is -2.78. The van der Waals surface area contributed by atoms with E-state index in [2.05, 4.69) is 4.98 Å². The van der Waals surface area contributed by atoms with Crippen molar-refractivity contribution in [1.29, 1.82) is 0 Å². The van der Waals surface area contributed by atoms with Gasteiger partial charge in [-0.1, -0.05) is 0 Å². The van der Waals surface area contributed by atoms with Gasteiger partial charge in [0.15, 0.2) is 11.5 Å². The van der Waals surface area contributed by atoms with Crippen LogP contribution < -0.4 is 16.2 Å². The van der Waals surface area contributed by atoms with E-state index in [1.807, 2.05) is 0 Å². The van der Waals surface area contributed by atoms with Crippen LogP contribution in [0.2, 0.25) is 0 Å². The maximum atomic E-state index is 13.0. The Morgan fingerprint density at radius 1 is 1.56 bits per heavy atom. The molecule has 0 radical (unpaired) electrons. The fourth-order valence-corrected chi connectivity index (χ4v) is 1.71. The molecular weight excluding hydrogens is 382 g/mol. The molecule has 0 aliphatic carbocycles. The number of halogens is 1. The normalized spacial score (nSPS) is 24.1. The second-order valence-corrected chi connectivity index (χ2v) is 3.67. The Hall–Kier alpha value is -0.560. The van der Waals surface area contributed by atoms with Crippen LogP contribution in [0.5, 0.6) is 0 Å². The van der Waals surface area contributed by atoms with Crippen molar-refractivity contribution in [3.63, 3.8) is 0 Å². The minimum Gasteiger partial charge on any atom is -0.386 e. The van der Waals surface area contributed by atoms with E-state index in [0.717, 1.165) is 17.2 Å². The zero-order valence-corrected chi connectivity index (χ0v) is 12.3. The molecule has 0 unspecified atom stereocenters. The summed E-state index contributed by atoms with van der Waals surface area (Å²) < 4.78 is 19.4. The summed E-state index contributed by atoms with van der Waals surface area (Å²) >= 11 is 0. The fourth-order valence-electron chi connectivity index (χ4n) is 1.71. The molecule has 1 aromatic heterocycles. The van der Waals surface area contributed by atoms with E-state index in [-0.39, 0.29) is 25.8 Å². The van der Waals surface area contributed by atoms with Gasteiger partial charge >= 0.3 is 0 Å². The minimum atomic E-state index is -1.13. The summed E-state index contributed by atoms with van der Waals surface area (Å²) in [6.45, 7) is 2.19. The van der Waals surface area contributed by atoms with Crippen molar-refractivity contribution in [3.8, 4) is 0 Å². The van der Waals surface area contributed by atoms with Crippen LogP contribution in [0.1, 0.15) is 19.8 Å². The Labute approximate surface area is 109 Å². The number of ether oxygens (including phenoxy) is 1. The SMILES string of the molecule is C[C@]1(n2cc(F)c(=O)[n-]c2=O)CCCO1.[Hf]. The number of hydrogen-bond donors (Lipinski definition) is 0. The van der Waals surface area contributed by atoms with Gasteiger partial charge < -0.3 is 14.3 Å². The van der Waals surface area contributed by atoms with Crippen LogP contribution in [0.25, 0.3) is 0 Å². The summed E-state index contributed by atoms with van der Waals surface area (Å²) in [4.78, 5) is 25.2. The van der Waals surface area contributed by atoms with Crippen molar-refractivity contribution in [2.45, 2.75) is 25.5 Å². The third-order valence-electron chi connectivity index (χ3n) is 2.56. The Morgan fingerprint density at radius 2 is 2.25 bits per heavy atom. The molecule has 0 bridgehead atoms. The summed E-state index contributed by atoms with van der Waals surface area (Å²) in [5, 5.41) is 0. The van der Waals surface area contributed by atoms with E-state index < -0.39 is 22.8 Å². The zero-order chi connectivity index (χ0) is 11.1. The predicted octanol–water partition coefficient (Wildman–Crippen LogP) is -0.215. The van der Waals surface area contributed by atoms with Crippen LogP contribution in [-0.2, 0) is 36.3 Å². The third-order valence-corrected chi connectivity index (χ3v) is 2.56. The van der Waals surface area contributed by atoms with Gasteiger partial charge in [-0.2, -0.15) is 0 Å². The number of hydrogen-bond acceptors (Lipinski definition) is 3. The average molecular weight is 392 g/mol. The second kappa shape index (κ2) is 4.75. The number of rotatable bonds is 1. The molecule has 16 heavy (non-hydrogen) atoms. The van der Waals surface area contributed by atoms with E-state index in [4.69, 9.17) is 4.74 Å². The molecule has 0 amide bonds. The molecule has 1 fully saturated rings. The maximum absolute atomic E-state index is 13.0. The first-order valence-electron chi connectivity index (χ1n) is 4.63. The molecule has 1 aliphatic rings. The van der Waals surface area contributed by atoms with Gasteiger partial charge in [0.25, 0.3) is 0 Å². The van der Waals surface area contributed by atoms with Gasteiger partial charge in [0.2, 0.25) is 5.56 Å². The molecule has 1 aliphatic heterocycles. The molecule has 1 saturated heterocycles. The fraction of sp³-hybridized carbons (Fsp3) is 0.556. The maximum Gasteiger partial charge on any atom is 0.209 e. The van der Waals surface area contributed by atoms with Gasteiger partial charge in [0, 0.05) is 32.5 Å². The first-order chi connectivity index (χ1) is 7.03. The van der Waals surface area contributed by atoms with Gasteiger partial charge in [-0.05, 0) is 26.0 Å². The van der Waals surface area contributed by atoms with Crippen LogP contribution in [0.3, 0.4) is 0 Å². The van der Waals surface area contributed by atoms with Crippen molar-refractivity contribution in [2.24, 2.45) is 0 Å². The average Bonchev–Trinajstić information content (AvgIpc) is 2.60. The molecule has 5 nitrogen and oxygen atoms in total. The first kappa shape index (κ1) is 13.5. The van der Waals surface area contributed by atoms with Gasteiger partial charge in [-0.15, -0.1) is 0 Å². The van der Waals surface area contributed by atoms with Crippen molar-refractivity contribution in [1.82, 2.24) is 9.55 Å². The molecule has 7 heteroatoms. The summed E-state index contributed by atoms with van der Waals surface area (Å²) in [5.74, 6) is -1.04. The van der Waals surface area contributed by atoms with Crippen LogP contribution in [0, 0.1) is 5.82 Å². The van der Waals surface area contributed by atoms with E-state index in [1.54, 1.807) is 6.92 Å². The van der Waals surface area contributed by atoms with Crippen molar-refractivity contribution < 1.29 is 35.0 Å². The van der Waals surface area contributed by atoms with E-state index in [9.17, 15) is 14.0 Å². The van der Waals surface area contributed by atoms with E-state index in [1.165, 1.54) is 0 Å². The largest absolute Gasteiger partial charge is 0.386 e. The standard InChI is InChI=1S/C9H11FN2O3.Hf/c1-9(3-2-4-15-9)12-5-6(10)7(13)11-8(12)14;/h5H,2-4H2,1H3,(H,11,13,14);/p-1/t9-;/m1./s1. The quantitative estimate of drug-likeness (QED) is 0.621. The van der Waals surface area contributed by atoms with E-state index in [0.29, 0.717) is 13.0 Å². The molecule has 2 heterocycles. The molecule has 1 atom stereocenters. The molecule has 0 saturated carbocycles. The number of aromatic nitrogens is 2. The van der Waals surface area contributed by atoms with Gasteiger partial charge in [0.05, 0.1) is 5.72 Å². The first-order valence-corrected chi connectivity index (χ1v) is 4.63. The second-order valence-electron chi connectivity index (χ2n) is 3.67. The Balaban J connectivity index is 0.00000128.